The molecule has 2 N–H and O–H groups in total. The van der Waals surface area contributed by atoms with Gasteiger partial charge in [0.1, 0.15) is 23.7 Å². The van der Waals surface area contributed by atoms with Gasteiger partial charge in [0, 0.05) is 16.1 Å². The molecule has 0 bridgehead atoms. The van der Waals surface area contributed by atoms with Crippen molar-refractivity contribution in [3.63, 3.8) is 0 Å². The summed E-state index contributed by atoms with van der Waals surface area (Å²) in [5.41, 5.74) is -1.06. The van der Waals surface area contributed by atoms with Gasteiger partial charge in [0.05, 0.1) is 5.69 Å². The molecule has 1 atom stereocenters. The molecule has 27 heavy (non-hydrogen) atoms. The molecule has 4 amide bonds. The number of nitrogens with zero attached hydrogens (tertiary/aromatic N) is 1. The minimum Gasteiger partial charge on any atom is -0.322 e. The third-order valence-electron chi connectivity index (χ3n) is 4.19. The Morgan fingerprint density at radius 3 is 2.59 bits per heavy atom. The number of imide groups is 1. The van der Waals surface area contributed by atoms with Crippen LogP contribution in [0.2, 0.25) is 0 Å². The van der Waals surface area contributed by atoms with Gasteiger partial charge >= 0.3 is 6.03 Å². The van der Waals surface area contributed by atoms with Gasteiger partial charge in [-0.1, -0.05) is 34.1 Å². The number of benzene rings is 2. The standard InChI is InChI=1S/C18H14BrF2N3O3/c1-18(11-4-2-3-5-12(11)19)16(26)24(17(27)23-18)9-15(25)22-14-7-6-10(20)8-13(14)21/h2-8H,9H2,1H3,(H,22,25)(H,23,27). The normalized spacial score (nSPS) is 19.2. The first-order chi connectivity index (χ1) is 12.7. The van der Waals surface area contributed by atoms with E-state index >= 15 is 0 Å². The molecule has 3 rings (SSSR count). The summed E-state index contributed by atoms with van der Waals surface area (Å²) in [7, 11) is 0. The highest BCUT2D eigenvalue weighted by atomic mass is 79.9. The van der Waals surface area contributed by atoms with Crippen LogP contribution in [-0.4, -0.2) is 29.3 Å². The molecule has 6 nitrogen and oxygen atoms in total. The van der Waals surface area contributed by atoms with Crippen LogP contribution in [0.1, 0.15) is 12.5 Å². The zero-order valence-electron chi connectivity index (χ0n) is 14.1. The molecule has 1 saturated heterocycles. The SMILES string of the molecule is CC1(c2ccccc2Br)NC(=O)N(CC(=O)Nc2ccc(F)cc2F)C1=O. The van der Waals surface area contributed by atoms with Gasteiger partial charge in [-0.15, -0.1) is 0 Å². The van der Waals surface area contributed by atoms with Gasteiger partial charge < -0.3 is 10.6 Å². The number of hydrogen-bond acceptors (Lipinski definition) is 3. The van der Waals surface area contributed by atoms with Crippen molar-refractivity contribution in [2.24, 2.45) is 0 Å². The Bertz CT molecular complexity index is 953. The summed E-state index contributed by atoms with van der Waals surface area (Å²) < 4.78 is 27.2. The monoisotopic (exact) mass is 437 g/mol. The third-order valence-corrected chi connectivity index (χ3v) is 4.89. The second kappa shape index (κ2) is 7.07. The van der Waals surface area contributed by atoms with Crippen molar-refractivity contribution in [3.05, 3.63) is 64.1 Å². The number of hydrogen-bond donors (Lipinski definition) is 2. The number of nitrogens with one attached hydrogen (secondary N) is 2. The van der Waals surface area contributed by atoms with E-state index in [1.165, 1.54) is 6.92 Å². The lowest BCUT2D eigenvalue weighted by atomic mass is 9.92. The fourth-order valence-corrected chi connectivity index (χ4v) is 3.50. The molecule has 0 spiro atoms. The van der Waals surface area contributed by atoms with Crippen molar-refractivity contribution in [2.45, 2.75) is 12.5 Å². The van der Waals surface area contributed by atoms with Crippen molar-refractivity contribution in [1.82, 2.24) is 10.2 Å². The second-order valence-electron chi connectivity index (χ2n) is 6.10. The molecule has 0 saturated carbocycles. The summed E-state index contributed by atoms with van der Waals surface area (Å²) in [5, 5.41) is 4.80. The molecule has 2 aromatic carbocycles. The Balaban J connectivity index is 1.78. The molecule has 0 radical (unpaired) electrons. The van der Waals surface area contributed by atoms with Gasteiger partial charge in [-0.25, -0.2) is 13.6 Å². The number of carbonyl (C=O) groups is 3. The molecule has 140 valence electrons. The fourth-order valence-electron chi connectivity index (χ4n) is 2.81. The van der Waals surface area contributed by atoms with Crippen molar-refractivity contribution < 1.29 is 23.2 Å². The van der Waals surface area contributed by atoms with Gasteiger partial charge in [0.25, 0.3) is 5.91 Å². The number of carbonyl (C=O) groups excluding carboxylic acids is 3. The Hall–Kier alpha value is -2.81. The van der Waals surface area contributed by atoms with E-state index in [2.05, 4.69) is 26.6 Å². The molecule has 1 unspecified atom stereocenters. The number of halogens is 3. The summed E-state index contributed by atoms with van der Waals surface area (Å²) >= 11 is 3.34. The van der Waals surface area contributed by atoms with Gasteiger partial charge in [-0.05, 0) is 25.1 Å². The zero-order valence-corrected chi connectivity index (χ0v) is 15.6. The van der Waals surface area contributed by atoms with Crippen molar-refractivity contribution >= 4 is 39.5 Å². The minimum absolute atomic E-state index is 0.248. The summed E-state index contributed by atoms with van der Waals surface area (Å²) in [5.74, 6) is -3.16. The van der Waals surface area contributed by atoms with Crippen LogP contribution in [0, 0.1) is 11.6 Å². The molecule has 9 heteroatoms. The summed E-state index contributed by atoms with van der Waals surface area (Å²) in [4.78, 5) is 38.0. The lowest BCUT2D eigenvalue weighted by Crippen LogP contribution is -2.42. The number of rotatable bonds is 4. The van der Waals surface area contributed by atoms with Crippen LogP contribution in [0.25, 0.3) is 0 Å². The van der Waals surface area contributed by atoms with Crippen LogP contribution in [0.5, 0.6) is 0 Å². The maximum absolute atomic E-state index is 13.6. The third kappa shape index (κ3) is 3.55. The predicted molar refractivity (Wildman–Crippen MR) is 96.7 cm³/mol. The summed E-state index contributed by atoms with van der Waals surface area (Å²) in [6, 6.07) is 8.81. The van der Waals surface area contributed by atoms with Crippen LogP contribution in [-0.2, 0) is 15.1 Å². The van der Waals surface area contributed by atoms with Crippen LogP contribution in [0.3, 0.4) is 0 Å². The van der Waals surface area contributed by atoms with Crippen LogP contribution < -0.4 is 10.6 Å². The number of anilines is 1. The van der Waals surface area contributed by atoms with Gasteiger partial charge in [-0.3, -0.25) is 14.5 Å². The van der Waals surface area contributed by atoms with Gasteiger partial charge in [-0.2, -0.15) is 0 Å². The quantitative estimate of drug-likeness (QED) is 0.721. The molecule has 1 aliphatic rings. The highest BCUT2D eigenvalue weighted by molar-refractivity contribution is 9.10. The van der Waals surface area contributed by atoms with E-state index in [1.54, 1.807) is 24.3 Å². The summed E-state index contributed by atoms with van der Waals surface area (Å²) in [6.45, 7) is 0.923. The molecule has 2 aromatic rings. The fraction of sp³-hybridized carbons (Fsp3) is 0.167. The first-order valence-corrected chi connectivity index (χ1v) is 8.65. The van der Waals surface area contributed by atoms with E-state index in [0.29, 0.717) is 16.1 Å². The Kier molecular flexibility index (Phi) is 4.97. The zero-order chi connectivity index (χ0) is 19.8. The van der Waals surface area contributed by atoms with Crippen molar-refractivity contribution in [2.75, 3.05) is 11.9 Å². The van der Waals surface area contributed by atoms with Gasteiger partial charge in [0.15, 0.2) is 0 Å². The van der Waals surface area contributed by atoms with Crippen LogP contribution in [0.15, 0.2) is 46.9 Å². The van der Waals surface area contributed by atoms with Gasteiger partial charge in [0.2, 0.25) is 5.91 Å². The van der Waals surface area contributed by atoms with Crippen LogP contribution >= 0.6 is 15.9 Å². The lowest BCUT2D eigenvalue weighted by molar-refractivity contribution is -0.133. The summed E-state index contributed by atoms with van der Waals surface area (Å²) in [6.07, 6.45) is 0. The average Bonchev–Trinajstić information content (AvgIpc) is 2.82. The molecular weight excluding hydrogens is 424 g/mol. The van der Waals surface area contributed by atoms with Crippen LogP contribution in [0.4, 0.5) is 19.3 Å². The Labute approximate surface area is 161 Å². The molecule has 1 heterocycles. The first kappa shape index (κ1) is 19.0. The van der Waals surface area contributed by atoms with Crippen molar-refractivity contribution in [3.8, 4) is 0 Å². The molecule has 1 fully saturated rings. The van der Waals surface area contributed by atoms with E-state index in [9.17, 15) is 23.2 Å². The first-order valence-electron chi connectivity index (χ1n) is 7.86. The molecule has 0 aliphatic carbocycles. The Morgan fingerprint density at radius 2 is 1.93 bits per heavy atom. The van der Waals surface area contributed by atoms with Crippen molar-refractivity contribution in [1.29, 1.82) is 0 Å². The van der Waals surface area contributed by atoms with E-state index in [-0.39, 0.29) is 5.69 Å². The number of amides is 4. The topological polar surface area (TPSA) is 78.5 Å². The Morgan fingerprint density at radius 1 is 1.22 bits per heavy atom. The smallest absolute Gasteiger partial charge is 0.322 e. The van der Waals surface area contributed by atoms with E-state index in [0.717, 1.165) is 17.0 Å². The average molecular weight is 438 g/mol. The largest absolute Gasteiger partial charge is 0.325 e. The van der Waals surface area contributed by atoms with E-state index < -0.39 is 41.6 Å². The maximum atomic E-state index is 13.6. The number of urea groups is 1. The highest BCUT2D eigenvalue weighted by Gasteiger charge is 2.50. The molecule has 0 aromatic heterocycles. The highest BCUT2D eigenvalue weighted by Crippen LogP contribution is 2.33. The molecule has 1 aliphatic heterocycles. The molecular formula is C18H14BrF2N3O3. The van der Waals surface area contributed by atoms with E-state index in [4.69, 9.17) is 0 Å². The minimum atomic E-state index is -1.35. The predicted octanol–water partition coefficient (Wildman–Crippen LogP) is 3.13. The van der Waals surface area contributed by atoms with E-state index in [1.807, 2.05) is 0 Å². The maximum Gasteiger partial charge on any atom is 0.325 e. The second-order valence-corrected chi connectivity index (χ2v) is 6.95. The lowest BCUT2D eigenvalue weighted by Gasteiger charge is -2.23.